The Morgan fingerprint density at radius 3 is 2.06 bits per heavy atom. The molecule has 0 radical (unpaired) electrons. The highest BCUT2D eigenvalue weighted by molar-refractivity contribution is 5.82. The van der Waals surface area contributed by atoms with Crippen molar-refractivity contribution in [3.8, 4) is 0 Å². The molecule has 0 aromatic carbocycles. The average Bonchev–Trinajstić information content (AvgIpc) is 3.61. The van der Waals surface area contributed by atoms with Crippen molar-refractivity contribution in [3.05, 3.63) is 0 Å². The summed E-state index contributed by atoms with van der Waals surface area (Å²) in [4.78, 5) is 25.6. The smallest absolute Gasteiger partial charge is 0.237 e. The molecule has 6 nitrogen and oxygen atoms in total. The minimum atomic E-state index is 0.0310. The molecular formula is C29H48N4O2. The minimum Gasteiger partial charge on any atom is -0.352 e. The Balaban J connectivity index is 1.10. The number of carbonyl (C=O) groups excluding carboxylic acids is 2. The Labute approximate surface area is 211 Å². The highest BCUT2D eigenvalue weighted by atomic mass is 16.2. The first-order valence-electron chi connectivity index (χ1n) is 15.0. The van der Waals surface area contributed by atoms with E-state index in [0.29, 0.717) is 17.5 Å². The van der Waals surface area contributed by atoms with Gasteiger partial charge in [-0.15, -0.1) is 0 Å². The van der Waals surface area contributed by atoms with Gasteiger partial charge in [0.25, 0.3) is 0 Å². The fraction of sp³-hybridized carbons (Fsp3) is 0.931. The zero-order chi connectivity index (χ0) is 24.2. The van der Waals surface area contributed by atoms with E-state index in [1.165, 1.54) is 44.9 Å². The zero-order valence-corrected chi connectivity index (χ0v) is 22.0. The molecule has 2 saturated heterocycles. The summed E-state index contributed by atoms with van der Waals surface area (Å²) in [7, 11) is 0. The fourth-order valence-corrected chi connectivity index (χ4v) is 10.0. The molecule has 10 unspecified atom stereocenters. The number of nitrogens with one attached hydrogen (secondary N) is 4. The van der Waals surface area contributed by atoms with Crippen LogP contribution in [-0.4, -0.2) is 49.1 Å². The van der Waals surface area contributed by atoms with E-state index in [0.717, 1.165) is 75.3 Å². The highest BCUT2D eigenvalue weighted by Gasteiger charge is 2.60. The van der Waals surface area contributed by atoms with E-state index in [9.17, 15) is 9.59 Å². The van der Waals surface area contributed by atoms with Crippen LogP contribution in [0.15, 0.2) is 0 Å². The molecule has 6 aliphatic rings. The largest absolute Gasteiger partial charge is 0.352 e. The van der Waals surface area contributed by atoms with Crippen molar-refractivity contribution in [2.45, 2.75) is 121 Å². The predicted octanol–water partition coefficient (Wildman–Crippen LogP) is 3.50. The van der Waals surface area contributed by atoms with Crippen LogP contribution < -0.4 is 21.3 Å². The van der Waals surface area contributed by atoms with Crippen molar-refractivity contribution in [2.24, 2.45) is 34.5 Å². The molecular weight excluding hydrogens is 436 g/mol. The first-order valence-corrected chi connectivity index (χ1v) is 15.0. The van der Waals surface area contributed by atoms with Crippen LogP contribution >= 0.6 is 0 Å². The molecule has 2 heterocycles. The van der Waals surface area contributed by atoms with Crippen molar-refractivity contribution < 1.29 is 9.59 Å². The molecule has 0 aromatic heterocycles. The summed E-state index contributed by atoms with van der Waals surface area (Å²) in [6.45, 7) is 7.07. The van der Waals surface area contributed by atoms with E-state index >= 15 is 0 Å². The molecule has 35 heavy (non-hydrogen) atoms. The Bertz CT molecular complexity index is 821. The van der Waals surface area contributed by atoms with E-state index in [4.69, 9.17) is 0 Å². The molecule has 196 valence electrons. The van der Waals surface area contributed by atoms with Crippen LogP contribution in [0.1, 0.15) is 97.3 Å². The molecule has 10 atom stereocenters. The molecule has 0 aromatic rings. The van der Waals surface area contributed by atoms with Gasteiger partial charge in [0.15, 0.2) is 0 Å². The Morgan fingerprint density at radius 1 is 0.714 bits per heavy atom. The molecule has 0 spiro atoms. The van der Waals surface area contributed by atoms with E-state index in [-0.39, 0.29) is 29.3 Å². The molecule has 6 fully saturated rings. The van der Waals surface area contributed by atoms with E-state index in [1.54, 1.807) is 0 Å². The van der Waals surface area contributed by atoms with Gasteiger partial charge in [0.1, 0.15) is 0 Å². The lowest BCUT2D eigenvalue weighted by Gasteiger charge is -2.61. The summed E-state index contributed by atoms with van der Waals surface area (Å²) < 4.78 is 0. The lowest BCUT2D eigenvalue weighted by Crippen LogP contribution is -2.58. The maximum atomic E-state index is 12.9. The van der Waals surface area contributed by atoms with Crippen molar-refractivity contribution in [2.75, 3.05) is 13.1 Å². The molecule has 4 N–H and O–H groups in total. The van der Waals surface area contributed by atoms with Gasteiger partial charge < -0.3 is 21.3 Å². The summed E-state index contributed by atoms with van der Waals surface area (Å²) in [5, 5.41) is 13.7. The number of amides is 2. The summed E-state index contributed by atoms with van der Waals surface area (Å²) in [5.74, 6) is 3.62. The third kappa shape index (κ3) is 4.15. The lowest BCUT2D eigenvalue weighted by molar-refractivity contribution is -0.129. The predicted molar refractivity (Wildman–Crippen MR) is 138 cm³/mol. The third-order valence-electron chi connectivity index (χ3n) is 12.1. The second kappa shape index (κ2) is 9.31. The molecule has 4 aliphatic carbocycles. The van der Waals surface area contributed by atoms with Crippen LogP contribution in [0.4, 0.5) is 0 Å². The standard InChI is InChI=1S/C29H48N4O2/c1-28-13-11-19(32-26(34)23-5-3-15-30-23)17-18(28)7-8-20-21-9-10-25(29(21,2)14-12-22(20)28)33-27(35)24-6-4-16-31-24/h18-25,30-31H,3-17H2,1-2H3,(H,32,34)(H,33,35). The zero-order valence-electron chi connectivity index (χ0n) is 22.0. The summed E-state index contributed by atoms with van der Waals surface area (Å²) in [6, 6.07) is 0.784. The van der Waals surface area contributed by atoms with Crippen LogP contribution in [0.2, 0.25) is 0 Å². The maximum absolute atomic E-state index is 12.9. The summed E-state index contributed by atoms with van der Waals surface area (Å²) in [6.07, 6.45) is 15.5. The van der Waals surface area contributed by atoms with E-state index in [2.05, 4.69) is 35.1 Å². The second-order valence-electron chi connectivity index (χ2n) is 13.6. The molecule has 0 bridgehead atoms. The number of rotatable bonds is 4. The maximum Gasteiger partial charge on any atom is 0.237 e. The van der Waals surface area contributed by atoms with Crippen molar-refractivity contribution >= 4 is 11.8 Å². The summed E-state index contributed by atoms with van der Waals surface area (Å²) in [5.41, 5.74) is 0.685. The Kier molecular flexibility index (Phi) is 6.44. The first kappa shape index (κ1) is 24.2. The van der Waals surface area contributed by atoms with Gasteiger partial charge in [0, 0.05) is 12.1 Å². The molecule has 2 amide bonds. The lowest BCUT2D eigenvalue weighted by atomic mass is 9.45. The minimum absolute atomic E-state index is 0.0310. The van der Waals surface area contributed by atoms with Crippen LogP contribution in [0, 0.1) is 34.5 Å². The van der Waals surface area contributed by atoms with Gasteiger partial charge in [-0.25, -0.2) is 0 Å². The Hall–Kier alpha value is -1.14. The van der Waals surface area contributed by atoms with Crippen LogP contribution in [0.3, 0.4) is 0 Å². The molecule has 2 aliphatic heterocycles. The average molecular weight is 485 g/mol. The third-order valence-corrected chi connectivity index (χ3v) is 12.1. The number of hydrogen-bond donors (Lipinski definition) is 4. The molecule has 6 heteroatoms. The Morgan fingerprint density at radius 2 is 1.37 bits per heavy atom. The van der Waals surface area contributed by atoms with Gasteiger partial charge in [-0.05, 0) is 131 Å². The highest BCUT2D eigenvalue weighted by Crippen LogP contribution is 2.66. The van der Waals surface area contributed by atoms with Gasteiger partial charge in [0.2, 0.25) is 11.8 Å². The van der Waals surface area contributed by atoms with Crippen LogP contribution in [0.5, 0.6) is 0 Å². The van der Waals surface area contributed by atoms with Gasteiger partial charge in [0.05, 0.1) is 12.1 Å². The first-order chi connectivity index (χ1) is 16.9. The van der Waals surface area contributed by atoms with Gasteiger partial charge in [-0.2, -0.15) is 0 Å². The molecule has 6 rings (SSSR count). The fourth-order valence-electron chi connectivity index (χ4n) is 10.0. The van der Waals surface area contributed by atoms with Crippen molar-refractivity contribution in [1.82, 2.24) is 21.3 Å². The van der Waals surface area contributed by atoms with Crippen LogP contribution in [0.25, 0.3) is 0 Å². The van der Waals surface area contributed by atoms with E-state index < -0.39 is 0 Å². The number of fused-ring (bicyclic) bond motifs is 5. The topological polar surface area (TPSA) is 82.3 Å². The SMILES string of the molecule is CC12CCC(NC(=O)C3CCCN3)CC1CCC1C2CCC2(C)C(NC(=O)C3CCCN3)CCC12. The monoisotopic (exact) mass is 484 g/mol. The van der Waals surface area contributed by atoms with Gasteiger partial charge >= 0.3 is 0 Å². The van der Waals surface area contributed by atoms with E-state index in [1.807, 2.05) is 0 Å². The number of hydrogen-bond acceptors (Lipinski definition) is 4. The van der Waals surface area contributed by atoms with Crippen molar-refractivity contribution in [3.63, 3.8) is 0 Å². The summed E-state index contributed by atoms with van der Waals surface area (Å²) >= 11 is 0. The normalized spacial score (nSPS) is 49.1. The van der Waals surface area contributed by atoms with Crippen molar-refractivity contribution in [1.29, 1.82) is 0 Å². The quantitative estimate of drug-likeness (QED) is 0.492. The van der Waals surface area contributed by atoms with Gasteiger partial charge in [-0.3, -0.25) is 9.59 Å². The molecule has 4 saturated carbocycles. The van der Waals surface area contributed by atoms with Crippen LogP contribution in [-0.2, 0) is 9.59 Å². The van der Waals surface area contributed by atoms with Gasteiger partial charge in [-0.1, -0.05) is 13.8 Å². The second-order valence-corrected chi connectivity index (χ2v) is 13.6. The number of carbonyl (C=O) groups is 2.